The van der Waals surface area contributed by atoms with Crippen LogP contribution in [0, 0.1) is 0 Å². The molecule has 34 heavy (non-hydrogen) atoms. The topological polar surface area (TPSA) is 71.0 Å². The molecular formula is C24H22Cl3N3O3S. The Morgan fingerprint density at radius 2 is 1.76 bits per heavy atom. The molecular weight excluding hydrogens is 517 g/mol. The van der Waals surface area contributed by atoms with E-state index in [2.05, 4.69) is 4.72 Å². The van der Waals surface area contributed by atoms with E-state index in [1.165, 1.54) is 12.1 Å². The summed E-state index contributed by atoms with van der Waals surface area (Å²) >= 11 is 18.5. The maximum Gasteiger partial charge on any atom is 0.240 e. The second-order valence-electron chi connectivity index (χ2n) is 7.61. The molecule has 0 aromatic heterocycles. The third kappa shape index (κ3) is 5.67. The minimum absolute atomic E-state index is 0.0457. The summed E-state index contributed by atoms with van der Waals surface area (Å²) in [5, 5.41) is 7.84. The fourth-order valence-corrected chi connectivity index (χ4v) is 5.49. The van der Waals surface area contributed by atoms with E-state index in [0.717, 1.165) is 11.3 Å². The van der Waals surface area contributed by atoms with E-state index >= 15 is 0 Å². The first-order valence-electron chi connectivity index (χ1n) is 10.6. The van der Waals surface area contributed by atoms with Gasteiger partial charge >= 0.3 is 0 Å². The van der Waals surface area contributed by atoms with Crippen LogP contribution in [0.5, 0.6) is 5.75 Å². The fraction of sp³-hybridized carbons (Fsp3) is 0.208. The van der Waals surface area contributed by atoms with E-state index < -0.39 is 10.0 Å². The van der Waals surface area contributed by atoms with Gasteiger partial charge < -0.3 is 4.74 Å². The molecule has 0 fully saturated rings. The number of sulfonamides is 1. The highest BCUT2D eigenvalue weighted by atomic mass is 35.5. The molecule has 0 saturated carbocycles. The predicted molar refractivity (Wildman–Crippen MR) is 138 cm³/mol. The zero-order valence-corrected chi connectivity index (χ0v) is 21.3. The van der Waals surface area contributed by atoms with Crippen LogP contribution in [0.4, 0.5) is 5.69 Å². The van der Waals surface area contributed by atoms with Crippen molar-refractivity contribution in [2.24, 2.45) is 5.10 Å². The lowest BCUT2D eigenvalue weighted by molar-refractivity contribution is 0.340. The monoisotopic (exact) mass is 537 g/mol. The van der Waals surface area contributed by atoms with Gasteiger partial charge in [0.15, 0.2) is 0 Å². The summed E-state index contributed by atoms with van der Waals surface area (Å²) in [6.45, 7) is 2.55. The summed E-state index contributed by atoms with van der Waals surface area (Å²) in [5.74, 6) is 0.774. The summed E-state index contributed by atoms with van der Waals surface area (Å²) in [6.07, 6.45) is 0.505. The summed E-state index contributed by atoms with van der Waals surface area (Å²) in [4.78, 5) is 0.0965. The van der Waals surface area contributed by atoms with Crippen molar-refractivity contribution in [1.82, 2.24) is 4.72 Å². The molecule has 1 heterocycles. The number of hydrogen-bond donors (Lipinski definition) is 1. The number of hydrazone groups is 1. The van der Waals surface area contributed by atoms with Gasteiger partial charge in [0.2, 0.25) is 10.0 Å². The van der Waals surface area contributed by atoms with Crippen LogP contribution in [0.15, 0.2) is 76.7 Å². The SMILES string of the molecule is CCOc1ccc(C2CC(CNS(=O)(=O)c3cccc(Cl)c3)=NN2c2ccc(Cl)cc2Cl)cc1. The first-order valence-corrected chi connectivity index (χ1v) is 13.2. The van der Waals surface area contributed by atoms with Crippen molar-refractivity contribution in [1.29, 1.82) is 0 Å². The molecule has 0 saturated heterocycles. The maximum atomic E-state index is 12.7. The zero-order chi connectivity index (χ0) is 24.3. The van der Waals surface area contributed by atoms with Crippen molar-refractivity contribution in [2.45, 2.75) is 24.3 Å². The summed E-state index contributed by atoms with van der Waals surface area (Å²) in [7, 11) is -3.75. The minimum atomic E-state index is -3.75. The molecule has 1 atom stereocenters. The van der Waals surface area contributed by atoms with Crippen LogP contribution in [-0.4, -0.2) is 27.3 Å². The van der Waals surface area contributed by atoms with Crippen LogP contribution in [0.2, 0.25) is 15.1 Å². The highest BCUT2D eigenvalue weighted by molar-refractivity contribution is 7.89. The molecule has 0 bridgehead atoms. The number of anilines is 1. The van der Waals surface area contributed by atoms with E-state index in [1.54, 1.807) is 35.3 Å². The normalized spacial score (nSPS) is 15.9. The molecule has 3 aromatic rings. The van der Waals surface area contributed by atoms with Crippen LogP contribution < -0.4 is 14.5 Å². The van der Waals surface area contributed by atoms with E-state index in [0.29, 0.717) is 39.5 Å². The minimum Gasteiger partial charge on any atom is -0.494 e. The van der Waals surface area contributed by atoms with Crippen molar-refractivity contribution in [3.63, 3.8) is 0 Å². The molecule has 0 spiro atoms. The summed E-state index contributed by atoms with van der Waals surface area (Å²) in [5.41, 5.74) is 2.33. The van der Waals surface area contributed by atoms with Crippen LogP contribution in [0.3, 0.4) is 0 Å². The van der Waals surface area contributed by atoms with Gasteiger partial charge in [-0.3, -0.25) is 5.01 Å². The van der Waals surface area contributed by atoms with E-state index in [1.807, 2.05) is 31.2 Å². The number of hydrogen-bond acceptors (Lipinski definition) is 5. The number of ether oxygens (including phenoxy) is 1. The number of halogens is 3. The third-order valence-electron chi connectivity index (χ3n) is 5.28. The Labute approximate surface area is 214 Å². The lowest BCUT2D eigenvalue weighted by Crippen LogP contribution is -2.29. The fourth-order valence-electron chi connectivity index (χ4n) is 3.68. The molecule has 0 amide bonds. The average Bonchev–Trinajstić information content (AvgIpc) is 3.22. The first kappa shape index (κ1) is 24.8. The summed E-state index contributed by atoms with van der Waals surface area (Å²) < 4.78 is 33.7. The zero-order valence-electron chi connectivity index (χ0n) is 18.2. The molecule has 6 nitrogen and oxygen atoms in total. The Bertz CT molecular complexity index is 1310. The molecule has 1 N–H and O–H groups in total. The third-order valence-corrected chi connectivity index (χ3v) is 7.45. The molecule has 178 valence electrons. The second kappa shape index (κ2) is 10.5. The molecule has 1 aliphatic heterocycles. The Morgan fingerprint density at radius 3 is 2.44 bits per heavy atom. The molecule has 1 unspecified atom stereocenters. The van der Waals surface area contributed by atoms with Gasteiger partial charge in [0.25, 0.3) is 0 Å². The van der Waals surface area contributed by atoms with Crippen molar-refractivity contribution < 1.29 is 13.2 Å². The van der Waals surface area contributed by atoms with Gasteiger partial charge in [0.1, 0.15) is 5.75 Å². The molecule has 3 aromatic carbocycles. The van der Waals surface area contributed by atoms with Gasteiger partial charge in [-0.05, 0) is 61.0 Å². The lowest BCUT2D eigenvalue weighted by Gasteiger charge is -2.25. The number of nitrogens with one attached hydrogen (secondary N) is 1. The number of rotatable bonds is 8. The lowest BCUT2D eigenvalue weighted by atomic mass is 10.0. The molecule has 1 aliphatic rings. The van der Waals surface area contributed by atoms with Gasteiger partial charge in [-0.15, -0.1) is 0 Å². The number of nitrogens with zero attached hydrogens (tertiary/aromatic N) is 2. The molecule has 10 heteroatoms. The van der Waals surface area contributed by atoms with Crippen LogP contribution >= 0.6 is 34.8 Å². The Kier molecular flexibility index (Phi) is 7.70. The van der Waals surface area contributed by atoms with Gasteiger partial charge in [0.05, 0.1) is 40.5 Å². The van der Waals surface area contributed by atoms with Crippen molar-refractivity contribution in [3.8, 4) is 5.75 Å². The van der Waals surface area contributed by atoms with Crippen molar-refractivity contribution in [3.05, 3.63) is 87.4 Å². The molecule has 4 rings (SSSR count). The van der Waals surface area contributed by atoms with E-state index in [-0.39, 0.29) is 17.5 Å². The Balaban J connectivity index is 1.60. The Hall–Kier alpha value is -2.29. The number of benzene rings is 3. The van der Waals surface area contributed by atoms with Gasteiger partial charge in [0, 0.05) is 16.5 Å². The van der Waals surface area contributed by atoms with Gasteiger partial charge in [-0.25, -0.2) is 13.1 Å². The van der Waals surface area contributed by atoms with Crippen LogP contribution in [-0.2, 0) is 10.0 Å². The van der Waals surface area contributed by atoms with Gasteiger partial charge in [-0.2, -0.15) is 5.10 Å². The predicted octanol–water partition coefficient (Wildman–Crippen LogP) is 6.33. The smallest absolute Gasteiger partial charge is 0.240 e. The maximum absolute atomic E-state index is 12.7. The summed E-state index contributed by atoms with van der Waals surface area (Å²) in [6, 6.07) is 18.9. The molecule has 0 radical (unpaired) electrons. The van der Waals surface area contributed by atoms with Crippen LogP contribution in [0.1, 0.15) is 24.9 Å². The van der Waals surface area contributed by atoms with E-state index in [9.17, 15) is 8.42 Å². The van der Waals surface area contributed by atoms with E-state index in [4.69, 9.17) is 44.6 Å². The average molecular weight is 539 g/mol. The second-order valence-corrected chi connectivity index (χ2v) is 10.7. The van der Waals surface area contributed by atoms with Crippen LogP contribution in [0.25, 0.3) is 0 Å². The van der Waals surface area contributed by atoms with Gasteiger partial charge in [-0.1, -0.05) is 53.0 Å². The van der Waals surface area contributed by atoms with Crippen molar-refractivity contribution in [2.75, 3.05) is 18.2 Å². The molecule has 0 aliphatic carbocycles. The Morgan fingerprint density at radius 1 is 1.03 bits per heavy atom. The standard InChI is InChI=1S/C24H22Cl3N3O3S/c1-2-33-20-9-6-16(7-10-20)24-14-19(29-30(24)23-11-8-18(26)13-22(23)27)15-28-34(31,32)21-5-3-4-17(25)12-21/h3-13,24,28H,2,14-15H2,1H3. The highest BCUT2D eigenvalue weighted by Crippen LogP contribution is 2.40. The highest BCUT2D eigenvalue weighted by Gasteiger charge is 2.31. The van der Waals surface area contributed by atoms with Crippen molar-refractivity contribution >= 4 is 56.2 Å². The quantitative estimate of drug-likeness (QED) is 0.364. The largest absolute Gasteiger partial charge is 0.494 e. The first-order chi connectivity index (χ1) is 16.3.